The molecule has 0 heterocycles. The van der Waals surface area contributed by atoms with Crippen molar-refractivity contribution in [2.75, 3.05) is 5.73 Å². The zero-order valence-corrected chi connectivity index (χ0v) is 8.03. The average Bonchev–Trinajstić information content (AvgIpc) is 2.16. The Morgan fingerprint density at radius 3 is 2.86 bits per heavy atom. The fourth-order valence-electron chi connectivity index (χ4n) is 1.13. The van der Waals surface area contributed by atoms with Crippen molar-refractivity contribution >= 4 is 12.0 Å². The summed E-state index contributed by atoms with van der Waals surface area (Å²) in [6.07, 6.45) is 2.97. The van der Waals surface area contributed by atoms with E-state index in [1.165, 1.54) is 0 Å². The van der Waals surface area contributed by atoms with Gasteiger partial charge in [-0.05, 0) is 43.2 Å². The summed E-state index contributed by atoms with van der Waals surface area (Å²) in [5.41, 5.74) is 7.78. The van der Waals surface area contributed by atoms with Crippen molar-refractivity contribution < 1.29 is 9.90 Å². The van der Waals surface area contributed by atoms with E-state index in [-0.39, 0.29) is 5.76 Å². The zero-order valence-electron chi connectivity index (χ0n) is 8.03. The number of nitrogens with two attached hydrogens (primary N) is 1. The van der Waals surface area contributed by atoms with Crippen LogP contribution in [-0.4, -0.2) is 11.4 Å². The molecule has 14 heavy (non-hydrogen) atoms. The minimum atomic E-state index is 0.251. The van der Waals surface area contributed by atoms with E-state index in [1.54, 1.807) is 31.2 Å². The second-order valence-corrected chi connectivity index (χ2v) is 3.13. The van der Waals surface area contributed by atoms with Gasteiger partial charge in [-0.3, -0.25) is 4.79 Å². The van der Waals surface area contributed by atoms with Crippen molar-refractivity contribution in [3.05, 3.63) is 41.2 Å². The van der Waals surface area contributed by atoms with Crippen molar-refractivity contribution in [2.45, 2.75) is 13.3 Å². The van der Waals surface area contributed by atoms with E-state index in [9.17, 15) is 4.79 Å². The van der Waals surface area contributed by atoms with E-state index in [0.29, 0.717) is 17.7 Å². The summed E-state index contributed by atoms with van der Waals surface area (Å²) < 4.78 is 0. The first-order valence-electron chi connectivity index (χ1n) is 4.33. The second kappa shape index (κ2) is 4.46. The Hall–Kier alpha value is -1.77. The summed E-state index contributed by atoms with van der Waals surface area (Å²) >= 11 is 0. The zero-order chi connectivity index (χ0) is 10.6. The Morgan fingerprint density at radius 2 is 2.29 bits per heavy atom. The van der Waals surface area contributed by atoms with E-state index < -0.39 is 0 Å². The minimum absolute atomic E-state index is 0.251. The number of allylic oxidation sites excluding steroid dienone is 2. The highest BCUT2D eigenvalue weighted by atomic mass is 16.3. The molecule has 0 saturated heterocycles. The van der Waals surface area contributed by atoms with Gasteiger partial charge in [0.25, 0.3) is 0 Å². The molecule has 0 unspecified atom stereocenters. The van der Waals surface area contributed by atoms with Gasteiger partial charge in [-0.1, -0.05) is 0 Å². The summed E-state index contributed by atoms with van der Waals surface area (Å²) in [4.78, 5) is 10.5. The lowest BCUT2D eigenvalue weighted by Crippen LogP contribution is -1.95. The van der Waals surface area contributed by atoms with Crippen molar-refractivity contribution in [2.24, 2.45) is 0 Å². The monoisotopic (exact) mass is 191 g/mol. The molecule has 0 amide bonds. The van der Waals surface area contributed by atoms with Gasteiger partial charge in [0.1, 0.15) is 6.29 Å². The maximum absolute atomic E-state index is 10.5. The Morgan fingerprint density at radius 1 is 1.57 bits per heavy atom. The average molecular weight is 191 g/mol. The van der Waals surface area contributed by atoms with Crippen LogP contribution in [0, 0.1) is 0 Å². The summed E-state index contributed by atoms with van der Waals surface area (Å²) in [7, 11) is 0. The van der Waals surface area contributed by atoms with Crippen LogP contribution in [0.5, 0.6) is 0 Å². The molecule has 0 aliphatic rings. The fraction of sp³-hybridized carbons (Fsp3) is 0.182. The van der Waals surface area contributed by atoms with Gasteiger partial charge in [0, 0.05) is 11.3 Å². The van der Waals surface area contributed by atoms with Gasteiger partial charge in [-0.15, -0.1) is 0 Å². The molecule has 3 heteroatoms. The first kappa shape index (κ1) is 10.3. The first-order valence-corrected chi connectivity index (χ1v) is 4.33. The molecule has 1 aromatic carbocycles. The molecule has 0 aromatic heterocycles. The topological polar surface area (TPSA) is 63.3 Å². The molecule has 0 aliphatic carbocycles. The molecule has 0 aliphatic heterocycles. The van der Waals surface area contributed by atoms with Gasteiger partial charge < -0.3 is 10.8 Å². The predicted octanol–water partition coefficient (Wildman–Crippen LogP) is 2.09. The summed E-state index contributed by atoms with van der Waals surface area (Å²) in [5, 5.41) is 8.98. The van der Waals surface area contributed by atoms with Gasteiger partial charge in [-0.25, -0.2) is 0 Å². The van der Waals surface area contributed by atoms with Crippen LogP contribution in [0.1, 0.15) is 22.8 Å². The van der Waals surface area contributed by atoms with E-state index in [4.69, 9.17) is 10.8 Å². The number of benzene rings is 1. The molecule has 0 radical (unpaired) electrons. The molecular weight excluding hydrogens is 178 g/mol. The smallest absolute Gasteiger partial charge is 0.150 e. The number of anilines is 1. The molecule has 3 N–H and O–H groups in total. The van der Waals surface area contributed by atoms with E-state index in [0.717, 1.165) is 11.8 Å². The molecular formula is C11H13NO2. The maximum Gasteiger partial charge on any atom is 0.150 e. The second-order valence-electron chi connectivity index (χ2n) is 3.13. The van der Waals surface area contributed by atoms with Crippen molar-refractivity contribution in [3.8, 4) is 0 Å². The quantitative estimate of drug-likeness (QED) is 0.437. The molecule has 3 nitrogen and oxygen atoms in total. The van der Waals surface area contributed by atoms with Crippen molar-refractivity contribution in [1.82, 2.24) is 0 Å². The Balaban J connectivity index is 2.95. The van der Waals surface area contributed by atoms with Crippen LogP contribution < -0.4 is 5.73 Å². The van der Waals surface area contributed by atoms with E-state index in [1.807, 2.05) is 0 Å². The Labute approximate surface area is 82.9 Å². The number of carbonyl (C=O) groups excluding carboxylic acids is 1. The number of aliphatic hydroxyl groups is 1. The van der Waals surface area contributed by atoms with Crippen LogP contribution in [0.2, 0.25) is 0 Å². The van der Waals surface area contributed by atoms with E-state index >= 15 is 0 Å². The van der Waals surface area contributed by atoms with Gasteiger partial charge in [0.15, 0.2) is 0 Å². The number of hydrogen-bond donors (Lipinski definition) is 2. The van der Waals surface area contributed by atoms with Gasteiger partial charge >= 0.3 is 0 Å². The number of rotatable bonds is 3. The predicted molar refractivity (Wildman–Crippen MR) is 56.3 cm³/mol. The molecule has 1 aromatic rings. The lowest BCUT2D eigenvalue weighted by Gasteiger charge is -2.03. The summed E-state index contributed by atoms with van der Waals surface area (Å²) in [5.74, 6) is 0.251. The molecule has 1 rings (SSSR count). The number of aldehydes is 1. The number of nitrogen functional groups attached to an aromatic ring is 1. The molecule has 0 fully saturated rings. The van der Waals surface area contributed by atoms with Gasteiger partial charge in [0.2, 0.25) is 0 Å². The highest BCUT2D eigenvalue weighted by Gasteiger charge is 1.99. The summed E-state index contributed by atoms with van der Waals surface area (Å²) in [6, 6.07) is 5.09. The Bertz CT molecular complexity index is 366. The van der Waals surface area contributed by atoms with Gasteiger partial charge in [-0.2, -0.15) is 0 Å². The number of aliphatic hydroxyl groups excluding tert-OH is 1. The molecule has 0 bridgehead atoms. The SMILES string of the molecule is C/C(O)=C/Cc1cc(C=O)ccc1N. The standard InChI is InChI=1S/C11H13NO2/c1-8(14)2-4-10-6-9(7-13)3-5-11(10)12/h2-3,5-7,14H,4,12H2,1H3/b8-2-. The molecule has 74 valence electrons. The third-order valence-corrected chi connectivity index (χ3v) is 1.92. The lowest BCUT2D eigenvalue weighted by molar-refractivity contribution is 0.112. The third kappa shape index (κ3) is 2.62. The van der Waals surface area contributed by atoms with Crippen LogP contribution in [0.15, 0.2) is 30.0 Å². The molecule has 0 saturated carbocycles. The third-order valence-electron chi connectivity index (χ3n) is 1.92. The fourth-order valence-corrected chi connectivity index (χ4v) is 1.13. The summed E-state index contributed by atoms with van der Waals surface area (Å²) in [6.45, 7) is 1.60. The van der Waals surface area contributed by atoms with E-state index in [2.05, 4.69) is 0 Å². The van der Waals surface area contributed by atoms with Crippen molar-refractivity contribution in [3.63, 3.8) is 0 Å². The minimum Gasteiger partial charge on any atom is -0.513 e. The van der Waals surface area contributed by atoms with Crippen LogP contribution in [0.4, 0.5) is 5.69 Å². The van der Waals surface area contributed by atoms with Crippen molar-refractivity contribution in [1.29, 1.82) is 0 Å². The highest BCUT2D eigenvalue weighted by molar-refractivity contribution is 5.76. The van der Waals surface area contributed by atoms with Crippen LogP contribution in [-0.2, 0) is 6.42 Å². The Kier molecular flexibility index (Phi) is 3.29. The van der Waals surface area contributed by atoms with Crippen LogP contribution >= 0.6 is 0 Å². The van der Waals surface area contributed by atoms with Crippen LogP contribution in [0.25, 0.3) is 0 Å². The highest BCUT2D eigenvalue weighted by Crippen LogP contribution is 2.14. The largest absolute Gasteiger partial charge is 0.513 e. The first-order chi connectivity index (χ1) is 6.63. The normalized spacial score (nSPS) is 11.4. The lowest BCUT2D eigenvalue weighted by atomic mass is 10.1. The van der Waals surface area contributed by atoms with Gasteiger partial charge in [0.05, 0.1) is 5.76 Å². The number of carbonyl (C=O) groups is 1. The molecule has 0 atom stereocenters. The van der Waals surface area contributed by atoms with Crippen LogP contribution in [0.3, 0.4) is 0 Å². The molecule has 0 spiro atoms. The number of hydrogen-bond acceptors (Lipinski definition) is 3. The maximum atomic E-state index is 10.5.